The zero-order valence-electron chi connectivity index (χ0n) is 15.1. The number of rotatable bonds is 2. The highest BCUT2D eigenvalue weighted by Crippen LogP contribution is 2.20. The second-order valence-corrected chi connectivity index (χ2v) is 6.82. The van der Waals surface area contributed by atoms with E-state index in [2.05, 4.69) is 20.4 Å². The molecular formula is C20H18N6O2. The summed E-state index contributed by atoms with van der Waals surface area (Å²) in [5.74, 6) is -0.232. The predicted molar refractivity (Wildman–Crippen MR) is 104 cm³/mol. The molecule has 0 aliphatic carbocycles. The normalized spacial score (nSPS) is 14.7. The third-order valence-corrected chi connectivity index (χ3v) is 5.20. The van der Waals surface area contributed by atoms with Crippen LogP contribution in [-0.4, -0.2) is 68.2 Å². The third-order valence-electron chi connectivity index (χ3n) is 5.20. The van der Waals surface area contributed by atoms with E-state index in [1.54, 1.807) is 9.80 Å². The topological polar surface area (TPSA) is 98.0 Å². The number of benzene rings is 2. The first kappa shape index (κ1) is 16.5. The average molecular weight is 374 g/mol. The summed E-state index contributed by atoms with van der Waals surface area (Å²) < 4.78 is 0. The Hall–Kier alpha value is -3.68. The molecule has 140 valence electrons. The number of hydrogen-bond acceptors (Lipinski definition) is 4. The summed E-state index contributed by atoms with van der Waals surface area (Å²) in [6.07, 6.45) is 0. The summed E-state index contributed by atoms with van der Waals surface area (Å²) in [7, 11) is 0. The maximum atomic E-state index is 12.9. The highest BCUT2D eigenvalue weighted by Gasteiger charge is 2.29. The van der Waals surface area contributed by atoms with Gasteiger partial charge in [-0.25, -0.2) is 0 Å². The number of para-hydroxylation sites is 2. The minimum absolute atomic E-state index is 0.116. The summed E-state index contributed by atoms with van der Waals surface area (Å²) in [6.45, 7) is 1.87. The van der Waals surface area contributed by atoms with E-state index in [0.29, 0.717) is 37.6 Å². The fourth-order valence-corrected chi connectivity index (χ4v) is 3.67. The van der Waals surface area contributed by atoms with Crippen LogP contribution in [0.15, 0.2) is 48.5 Å². The van der Waals surface area contributed by atoms with Crippen molar-refractivity contribution in [1.29, 1.82) is 0 Å². The van der Waals surface area contributed by atoms with Crippen molar-refractivity contribution in [2.45, 2.75) is 0 Å². The molecule has 0 radical (unpaired) electrons. The van der Waals surface area contributed by atoms with Crippen LogP contribution in [0.2, 0.25) is 0 Å². The summed E-state index contributed by atoms with van der Waals surface area (Å²) in [5.41, 5.74) is 2.53. The van der Waals surface area contributed by atoms with Gasteiger partial charge in [-0.3, -0.25) is 19.8 Å². The lowest BCUT2D eigenvalue weighted by atomic mass is 10.1. The molecule has 2 aromatic carbocycles. The number of carbonyl (C=O) groups excluding carboxylic acids is 2. The van der Waals surface area contributed by atoms with Crippen molar-refractivity contribution in [3.05, 3.63) is 59.9 Å². The standard InChI is InChI=1S/C20H18N6O2/c27-19(17-13-5-1-3-7-15(13)21-23-17)25-9-11-26(12-10-25)20(28)18-14-6-2-4-8-16(14)22-24-18/h1-8H,9-12H2,(H,21,23)(H,22,24). The lowest BCUT2D eigenvalue weighted by Gasteiger charge is -2.34. The maximum Gasteiger partial charge on any atom is 0.275 e. The monoisotopic (exact) mass is 374 g/mol. The van der Waals surface area contributed by atoms with Crippen LogP contribution in [0.3, 0.4) is 0 Å². The predicted octanol–water partition coefficient (Wildman–Crippen LogP) is 2.04. The molecule has 3 heterocycles. The Bertz CT molecular complexity index is 1090. The minimum Gasteiger partial charge on any atom is -0.334 e. The number of hydrogen-bond donors (Lipinski definition) is 2. The molecule has 0 unspecified atom stereocenters. The van der Waals surface area contributed by atoms with E-state index in [1.807, 2.05) is 48.5 Å². The number of nitrogens with zero attached hydrogens (tertiary/aromatic N) is 4. The van der Waals surface area contributed by atoms with Crippen molar-refractivity contribution in [3.8, 4) is 0 Å². The molecule has 2 N–H and O–H groups in total. The maximum absolute atomic E-state index is 12.9. The van der Waals surface area contributed by atoms with Gasteiger partial charge in [0.1, 0.15) is 0 Å². The van der Waals surface area contributed by atoms with Gasteiger partial charge >= 0.3 is 0 Å². The Labute approximate surface area is 160 Å². The smallest absolute Gasteiger partial charge is 0.275 e. The van der Waals surface area contributed by atoms with Gasteiger partial charge in [0.25, 0.3) is 11.8 Å². The van der Waals surface area contributed by atoms with Crippen molar-refractivity contribution in [2.75, 3.05) is 26.2 Å². The van der Waals surface area contributed by atoms with E-state index in [0.717, 1.165) is 21.8 Å². The molecule has 28 heavy (non-hydrogen) atoms. The van der Waals surface area contributed by atoms with Crippen LogP contribution in [0.4, 0.5) is 0 Å². The van der Waals surface area contributed by atoms with Gasteiger partial charge in [0, 0.05) is 37.0 Å². The first-order valence-electron chi connectivity index (χ1n) is 9.17. The molecule has 1 fully saturated rings. The van der Waals surface area contributed by atoms with Crippen molar-refractivity contribution < 1.29 is 9.59 Å². The van der Waals surface area contributed by atoms with Crippen molar-refractivity contribution >= 4 is 33.6 Å². The molecule has 8 nitrogen and oxygen atoms in total. The molecule has 2 amide bonds. The van der Waals surface area contributed by atoms with Crippen LogP contribution in [0.1, 0.15) is 21.0 Å². The summed E-state index contributed by atoms with van der Waals surface area (Å²) >= 11 is 0. The van der Waals surface area contributed by atoms with Crippen LogP contribution in [0.25, 0.3) is 21.8 Å². The molecule has 4 aromatic rings. The number of aromatic amines is 2. The molecule has 0 bridgehead atoms. The Morgan fingerprint density at radius 1 is 0.679 bits per heavy atom. The van der Waals surface area contributed by atoms with E-state index in [9.17, 15) is 9.59 Å². The highest BCUT2D eigenvalue weighted by atomic mass is 16.2. The number of carbonyl (C=O) groups is 2. The molecular weight excluding hydrogens is 356 g/mol. The van der Waals surface area contributed by atoms with E-state index >= 15 is 0 Å². The first-order chi connectivity index (χ1) is 13.7. The van der Waals surface area contributed by atoms with E-state index < -0.39 is 0 Å². The fourth-order valence-electron chi connectivity index (χ4n) is 3.67. The summed E-state index contributed by atoms with van der Waals surface area (Å²) in [5, 5.41) is 15.8. The van der Waals surface area contributed by atoms with Crippen LogP contribution >= 0.6 is 0 Å². The second-order valence-electron chi connectivity index (χ2n) is 6.82. The van der Waals surface area contributed by atoms with Crippen LogP contribution in [0, 0.1) is 0 Å². The molecule has 2 aromatic heterocycles. The number of nitrogens with one attached hydrogen (secondary N) is 2. The second kappa shape index (κ2) is 6.49. The summed E-state index contributed by atoms with van der Waals surface area (Å²) in [4.78, 5) is 29.2. The highest BCUT2D eigenvalue weighted by molar-refractivity contribution is 6.06. The van der Waals surface area contributed by atoms with Crippen LogP contribution in [0.5, 0.6) is 0 Å². The fraction of sp³-hybridized carbons (Fsp3) is 0.200. The molecule has 0 spiro atoms. The van der Waals surface area contributed by atoms with Gasteiger partial charge in [0.05, 0.1) is 11.0 Å². The molecule has 1 aliphatic heterocycles. The van der Waals surface area contributed by atoms with Gasteiger partial charge in [-0.2, -0.15) is 10.2 Å². The zero-order valence-corrected chi connectivity index (χ0v) is 15.1. The van der Waals surface area contributed by atoms with E-state index in [1.165, 1.54) is 0 Å². The van der Waals surface area contributed by atoms with Crippen molar-refractivity contribution in [1.82, 2.24) is 30.2 Å². The third kappa shape index (κ3) is 2.61. The van der Waals surface area contributed by atoms with Gasteiger partial charge in [0.15, 0.2) is 11.4 Å². The van der Waals surface area contributed by atoms with E-state index in [-0.39, 0.29) is 11.8 Å². The Morgan fingerprint density at radius 2 is 1.07 bits per heavy atom. The number of H-pyrrole nitrogens is 2. The quantitative estimate of drug-likeness (QED) is 0.561. The molecule has 5 rings (SSSR count). The first-order valence-corrected chi connectivity index (χ1v) is 9.17. The molecule has 0 saturated carbocycles. The molecule has 1 aliphatic rings. The summed E-state index contributed by atoms with van der Waals surface area (Å²) in [6, 6.07) is 15.1. The molecule has 1 saturated heterocycles. The Kier molecular flexibility index (Phi) is 3.82. The van der Waals surface area contributed by atoms with Crippen LogP contribution < -0.4 is 0 Å². The largest absolute Gasteiger partial charge is 0.334 e. The van der Waals surface area contributed by atoms with Gasteiger partial charge in [-0.1, -0.05) is 36.4 Å². The van der Waals surface area contributed by atoms with Gasteiger partial charge in [0.2, 0.25) is 0 Å². The van der Waals surface area contributed by atoms with Gasteiger partial charge in [-0.05, 0) is 12.1 Å². The van der Waals surface area contributed by atoms with Gasteiger partial charge in [-0.15, -0.1) is 0 Å². The van der Waals surface area contributed by atoms with Crippen molar-refractivity contribution in [3.63, 3.8) is 0 Å². The Morgan fingerprint density at radius 3 is 1.50 bits per heavy atom. The Balaban J connectivity index is 1.31. The van der Waals surface area contributed by atoms with Gasteiger partial charge < -0.3 is 9.80 Å². The zero-order chi connectivity index (χ0) is 19.1. The van der Waals surface area contributed by atoms with Crippen molar-refractivity contribution in [2.24, 2.45) is 0 Å². The number of piperazine rings is 1. The average Bonchev–Trinajstić information content (AvgIpc) is 3.37. The number of aromatic nitrogens is 4. The van der Waals surface area contributed by atoms with Crippen LogP contribution in [-0.2, 0) is 0 Å². The lowest BCUT2D eigenvalue weighted by Crippen LogP contribution is -2.50. The molecule has 8 heteroatoms. The lowest BCUT2D eigenvalue weighted by molar-refractivity contribution is 0.0531. The molecule has 0 atom stereocenters. The SMILES string of the molecule is O=C(c1n[nH]c2ccccc12)N1CCN(C(=O)c2n[nH]c3ccccc23)CC1. The number of amides is 2. The van der Waals surface area contributed by atoms with E-state index in [4.69, 9.17) is 0 Å². The minimum atomic E-state index is -0.116. The number of fused-ring (bicyclic) bond motifs is 2.